The van der Waals surface area contributed by atoms with Gasteiger partial charge in [0.1, 0.15) is 0 Å². The van der Waals surface area contributed by atoms with E-state index in [9.17, 15) is 0 Å². The average Bonchev–Trinajstić information content (AvgIpc) is 2.72. The molecule has 1 unspecified atom stereocenters. The molecule has 1 aliphatic rings. The Morgan fingerprint density at radius 1 is 1.50 bits per heavy atom. The predicted molar refractivity (Wildman–Crippen MR) is 75.6 cm³/mol. The van der Waals surface area contributed by atoms with Crippen LogP contribution in [0.4, 0.5) is 0 Å². The zero-order valence-corrected chi connectivity index (χ0v) is 11.9. The van der Waals surface area contributed by atoms with Crippen molar-refractivity contribution in [2.24, 2.45) is 13.0 Å². The van der Waals surface area contributed by atoms with E-state index in [0.717, 1.165) is 18.9 Å². The predicted octanol–water partition coefficient (Wildman–Crippen LogP) is 2.91. The molecule has 0 radical (unpaired) electrons. The van der Waals surface area contributed by atoms with Crippen molar-refractivity contribution in [3.8, 4) is 0 Å². The van der Waals surface area contributed by atoms with E-state index in [1.165, 1.54) is 44.1 Å². The van der Waals surface area contributed by atoms with Gasteiger partial charge < -0.3 is 5.32 Å². The number of aromatic nitrogens is 2. The van der Waals surface area contributed by atoms with Crippen LogP contribution in [-0.2, 0) is 13.5 Å². The van der Waals surface area contributed by atoms with Crippen molar-refractivity contribution >= 4 is 0 Å². The first-order valence-electron chi connectivity index (χ1n) is 7.49. The van der Waals surface area contributed by atoms with E-state index in [0.29, 0.717) is 6.04 Å². The molecule has 1 aliphatic carbocycles. The number of hydrogen-bond donors (Lipinski definition) is 1. The fourth-order valence-electron chi connectivity index (χ4n) is 2.72. The SMILES string of the molecule is CCCNC(CCc1cnn(C)c1)CC1CCC1. The van der Waals surface area contributed by atoms with Gasteiger partial charge in [-0.2, -0.15) is 5.10 Å². The van der Waals surface area contributed by atoms with Gasteiger partial charge in [-0.15, -0.1) is 0 Å². The van der Waals surface area contributed by atoms with Crippen molar-refractivity contribution in [1.29, 1.82) is 0 Å². The first kappa shape index (κ1) is 13.6. The summed E-state index contributed by atoms with van der Waals surface area (Å²) in [5.41, 5.74) is 1.37. The summed E-state index contributed by atoms with van der Waals surface area (Å²) in [7, 11) is 1.99. The smallest absolute Gasteiger partial charge is 0.0521 e. The van der Waals surface area contributed by atoms with Gasteiger partial charge in [-0.25, -0.2) is 0 Å². The summed E-state index contributed by atoms with van der Waals surface area (Å²) < 4.78 is 1.90. The van der Waals surface area contributed by atoms with Gasteiger partial charge in [0.25, 0.3) is 0 Å². The van der Waals surface area contributed by atoms with Gasteiger partial charge in [0, 0.05) is 19.3 Å². The Labute approximate surface area is 111 Å². The third-order valence-electron chi connectivity index (χ3n) is 4.07. The van der Waals surface area contributed by atoms with Crippen molar-refractivity contribution in [1.82, 2.24) is 15.1 Å². The molecule has 0 aromatic carbocycles. The molecule has 102 valence electrons. The lowest BCUT2D eigenvalue weighted by molar-refractivity contribution is 0.254. The average molecular weight is 249 g/mol. The Morgan fingerprint density at radius 3 is 2.89 bits per heavy atom. The van der Waals surface area contributed by atoms with Crippen molar-refractivity contribution in [3.63, 3.8) is 0 Å². The van der Waals surface area contributed by atoms with Crippen LogP contribution in [0.5, 0.6) is 0 Å². The lowest BCUT2D eigenvalue weighted by Crippen LogP contribution is -2.33. The van der Waals surface area contributed by atoms with E-state index in [1.807, 2.05) is 17.9 Å². The summed E-state index contributed by atoms with van der Waals surface area (Å²) in [5, 5.41) is 7.96. The monoisotopic (exact) mass is 249 g/mol. The van der Waals surface area contributed by atoms with Gasteiger partial charge in [-0.3, -0.25) is 4.68 Å². The second-order valence-electron chi connectivity index (χ2n) is 5.74. The first-order chi connectivity index (χ1) is 8.78. The minimum absolute atomic E-state index is 0.704. The largest absolute Gasteiger partial charge is 0.314 e. The van der Waals surface area contributed by atoms with Crippen molar-refractivity contribution in [2.45, 2.75) is 57.9 Å². The van der Waals surface area contributed by atoms with Gasteiger partial charge in [-0.1, -0.05) is 26.2 Å². The van der Waals surface area contributed by atoms with E-state index in [2.05, 4.69) is 23.5 Å². The second-order valence-corrected chi connectivity index (χ2v) is 5.74. The number of nitrogens with zero attached hydrogens (tertiary/aromatic N) is 2. The molecule has 0 amide bonds. The van der Waals surface area contributed by atoms with Gasteiger partial charge >= 0.3 is 0 Å². The zero-order valence-electron chi connectivity index (χ0n) is 11.9. The quantitative estimate of drug-likeness (QED) is 0.767. The fraction of sp³-hybridized carbons (Fsp3) is 0.800. The summed E-state index contributed by atoms with van der Waals surface area (Å²) >= 11 is 0. The molecular formula is C15H27N3. The highest BCUT2D eigenvalue weighted by atomic mass is 15.2. The van der Waals surface area contributed by atoms with Crippen molar-refractivity contribution in [2.75, 3.05) is 6.54 Å². The molecule has 1 atom stereocenters. The third-order valence-corrected chi connectivity index (χ3v) is 4.07. The highest BCUT2D eigenvalue weighted by Gasteiger charge is 2.21. The minimum atomic E-state index is 0.704. The lowest BCUT2D eigenvalue weighted by Gasteiger charge is -2.30. The topological polar surface area (TPSA) is 29.9 Å². The second kappa shape index (κ2) is 6.93. The molecule has 3 heteroatoms. The molecule has 1 saturated carbocycles. The molecule has 2 rings (SSSR count). The summed E-state index contributed by atoms with van der Waals surface area (Å²) in [6.45, 7) is 3.40. The van der Waals surface area contributed by atoms with Gasteiger partial charge in [-0.05, 0) is 43.7 Å². The van der Waals surface area contributed by atoms with Crippen molar-refractivity contribution < 1.29 is 0 Å². The molecule has 1 N–H and O–H groups in total. The zero-order chi connectivity index (χ0) is 12.8. The number of nitrogens with one attached hydrogen (secondary N) is 1. The number of aryl methyl sites for hydroxylation is 2. The summed E-state index contributed by atoms with van der Waals surface area (Å²) in [6, 6.07) is 0.704. The van der Waals surface area contributed by atoms with Crippen LogP contribution in [-0.4, -0.2) is 22.4 Å². The number of hydrogen-bond acceptors (Lipinski definition) is 2. The van der Waals surface area contributed by atoms with E-state index in [-0.39, 0.29) is 0 Å². The molecule has 1 aromatic rings. The van der Waals surface area contributed by atoms with Crippen molar-refractivity contribution in [3.05, 3.63) is 18.0 Å². The van der Waals surface area contributed by atoms with Gasteiger partial charge in [0.05, 0.1) is 6.20 Å². The third kappa shape index (κ3) is 4.13. The van der Waals surface area contributed by atoms with Crippen LogP contribution in [0.25, 0.3) is 0 Å². The summed E-state index contributed by atoms with van der Waals surface area (Å²) in [4.78, 5) is 0. The fourth-order valence-corrected chi connectivity index (χ4v) is 2.72. The molecule has 18 heavy (non-hydrogen) atoms. The molecule has 0 saturated heterocycles. The van der Waals surface area contributed by atoms with E-state index in [4.69, 9.17) is 0 Å². The van der Waals surface area contributed by atoms with Crippen LogP contribution in [0.3, 0.4) is 0 Å². The molecule has 0 aliphatic heterocycles. The molecule has 0 bridgehead atoms. The first-order valence-corrected chi connectivity index (χ1v) is 7.49. The Bertz CT molecular complexity index is 341. The Morgan fingerprint density at radius 2 is 2.33 bits per heavy atom. The van der Waals surface area contributed by atoms with E-state index in [1.54, 1.807) is 0 Å². The maximum absolute atomic E-state index is 4.24. The van der Waals surface area contributed by atoms with E-state index >= 15 is 0 Å². The summed E-state index contributed by atoms with van der Waals surface area (Å²) in [5.74, 6) is 0.994. The van der Waals surface area contributed by atoms with Crippen LogP contribution in [0.1, 0.15) is 51.0 Å². The Hall–Kier alpha value is -0.830. The Balaban J connectivity index is 1.75. The molecule has 0 spiro atoms. The summed E-state index contributed by atoms with van der Waals surface area (Å²) in [6.07, 6.45) is 13.5. The maximum Gasteiger partial charge on any atom is 0.0521 e. The number of rotatable bonds is 8. The molecule has 1 aromatic heterocycles. The molecule has 1 fully saturated rings. The molecule has 3 nitrogen and oxygen atoms in total. The van der Waals surface area contributed by atoms with Crippen LogP contribution in [0, 0.1) is 5.92 Å². The van der Waals surface area contributed by atoms with Gasteiger partial charge in [0.2, 0.25) is 0 Å². The van der Waals surface area contributed by atoms with Crippen LogP contribution >= 0.6 is 0 Å². The van der Waals surface area contributed by atoms with Crippen LogP contribution in [0.15, 0.2) is 12.4 Å². The minimum Gasteiger partial charge on any atom is -0.314 e. The highest BCUT2D eigenvalue weighted by Crippen LogP contribution is 2.31. The Kier molecular flexibility index (Phi) is 5.24. The molecular weight excluding hydrogens is 222 g/mol. The maximum atomic E-state index is 4.24. The van der Waals surface area contributed by atoms with Crippen LogP contribution < -0.4 is 5.32 Å². The normalized spacial score (nSPS) is 17.7. The lowest BCUT2D eigenvalue weighted by atomic mass is 9.80. The van der Waals surface area contributed by atoms with Gasteiger partial charge in [0.15, 0.2) is 0 Å². The van der Waals surface area contributed by atoms with Crippen LogP contribution in [0.2, 0.25) is 0 Å². The molecule has 1 heterocycles. The highest BCUT2D eigenvalue weighted by molar-refractivity contribution is 5.04. The van der Waals surface area contributed by atoms with E-state index < -0.39 is 0 Å². The standard InChI is InChI=1S/C15H27N3/c1-3-9-16-15(10-13-5-4-6-13)8-7-14-11-17-18(2)12-14/h11-13,15-16H,3-10H2,1-2H3.